The van der Waals surface area contributed by atoms with Gasteiger partial charge in [-0.1, -0.05) is 0 Å². The lowest BCUT2D eigenvalue weighted by Crippen LogP contribution is -2.42. The van der Waals surface area contributed by atoms with Crippen molar-refractivity contribution in [2.45, 2.75) is 31.5 Å². The van der Waals surface area contributed by atoms with E-state index in [-0.39, 0.29) is 11.8 Å². The number of rotatable bonds is 2. The van der Waals surface area contributed by atoms with E-state index in [9.17, 15) is 15.0 Å². The Labute approximate surface area is 95.0 Å². The van der Waals surface area contributed by atoms with Crippen LogP contribution >= 0.6 is 0 Å². The van der Waals surface area contributed by atoms with Gasteiger partial charge in [0.2, 0.25) is 5.91 Å². The number of aliphatic hydroxyl groups excluding tert-OH is 2. The van der Waals surface area contributed by atoms with E-state index in [2.05, 4.69) is 0 Å². The molecule has 92 valence electrons. The van der Waals surface area contributed by atoms with E-state index in [0.717, 1.165) is 6.42 Å². The summed E-state index contributed by atoms with van der Waals surface area (Å²) in [6.45, 7) is 2.48. The van der Waals surface area contributed by atoms with Crippen LogP contribution in [0.15, 0.2) is 0 Å². The number of aliphatic hydroxyl groups is 2. The maximum absolute atomic E-state index is 11.9. The minimum Gasteiger partial charge on any atom is -0.390 e. The number of carbonyl (C=O) groups excluding carboxylic acids is 1. The summed E-state index contributed by atoms with van der Waals surface area (Å²) in [5, 5.41) is 19.1. The van der Waals surface area contributed by atoms with Gasteiger partial charge in [0.15, 0.2) is 0 Å². The first-order valence-corrected chi connectivity index (χ1v) is 5.90. The van der Waals surface area contributed by atoms with Crippen LogP contribution in [0.1, 0.15) is 19.3 Å². The predicted molar refractivity (Wildman–Crippen MR) is 56.8 cm³/mol. The van der Waals surface area contributed by atoms with Gasteiger partial charge >= 0.3 is 0 Å². The lowest BCUT2D eigenvalue weighted by atomic mass is 10.0. The number of amides is 1. The topological polar surface area (TPSA) is 70.0 Å². The fourth-order valence-corrected chi connectivity index (χ4v) is 2.43. The highest BCUT2D eigenvalue weighted by Crippen LogP contribution is 2.29. The van der Waals surface area contributed by atoms with Crippen LogP contribution in [0.4, 0.5) is 0 Å². The van der Waals surface area contributed by atoms with Crippen molar-refractivity contribution in [1.82, 2.24) is 4.90 Å². The van der Waals surface area contributed by atoms with Crippen LogP contribution in [0, 0.1) is 5.92 Å². The van der Waals surface area contributed by atoms with E-state index in [4.69, 9.17) is 4.74 Å². The molecular formula is C11H19NO4. The number of ether oxygens (including phenoxy) is 1. The molecule has 0 aromatic carbocycles. The van der Waals surface area contributed by atoms with E-state index in [1.807, 2.05) is 0 Å². The van der Waals surface area contributed by atoms with Crippen LogP contribution in [0.3, 0.4) is 0 Å². The van der Waals surface area contributed by atoms with Gasteiger partial charge in [-0.3, -0.25) is 4.79 Å². The van der Waals surface area contributed by atoms with Crippen molar-refractivity contribution in [3.63, 3.8) is 0 Å². The van der Waals surface area contributed by atoms with Crippen molar-refractivity contribution in [2.24, 2.45) is 5.92 Å². The molecule has 0 radical (unpaired) electrons. The Bertz CT molecular complexity index is 252. The Balaban J connectivity index is 1.82. The molecule has 1 aliphatic heterocycles. The van der Waals surface area contributed by atoms with E-state index in [1.165, 1.54) is 0 Å². The van der Waals surface area contributed by atoms with Crippen LogP contribution in [0.5, 0.6) is 0 Å². The maximum Gasteiger partial charge on any atom is 0.223 e. The summed E-state index contributed by atoms with van der Waals surface area (Å²) in [4.78, 5) is 13.7. The van der Waals surface area contributed by atoms with Gasteiger partial charge in [0.05, 0.1) is 25.4 Å². The number of hydrogen-bond donors (Lipinski definition) is 2. The van der Waals surface area contributed by atoms with Crippen LogP contribution < -0.4 is 0 Å². The third-order valence-electron chi connectivity index (χ3n) is 3.51. The van der Waals surface area contributed by atoms with Crippen molar-refractivity contribution in [3.05, 3.63) is 0 Å². The maximum atomic E-state index is 11.9. The number of morpholine rings is 1. The zero-order valence-corrected chi connectivity index (χ0v) is 9.34. The lowest BCUT2D eigenvalue weighted by Gasteiger charge is -2.28. The normalized spacial score (nSPS) is 35.4. The Kier molecular flexibility index (Phi) is 3.78. The summed E-state index contributed by atoms with van der Waals surface area (Å²) < 4.78 is 5.17. The standard InChI is InChI=1S/C11H19NO4/c13-9-2-1-8(11(9)15)7-10(14)12-3-5-16-6-4-12/h8-9,11,13,15H,1-7H2. The zero-order valence-electron chi connectivity index (χ0n) is 9.34. The molecule has 2 rings (SSSR count). The van der Waals surface area contributed by atoms with Gasteiger partial charge in [-0.05, 0) is 18.8 Å². The molecule has 3 atom stereocenters. The van der Waals surface area contributed by atoms with E-state index >= 15 is 0 Å². The van der Waals surface area contributed by atoms with Crippen molar-refractivity contribution >= 4 is 5.91 Å². The summed E-state index contributed by atoms with van der Waals surface area (Å²) in [5.41, 5.74) is 0. The molecular weight excluding hydrogens is 210 g/mol. The summed E-state index contributed by atoms with van der Waals surface area (Å²) in [7, 11) is 0. The summed E-state index contributed by atoms with van der Waals surface area (Å²) in [6, 6.07) is 0. The van der Waals surface area contributed by atoms with Gasteiger partial charge in [-0.15, -0.1) is 0 Å². The number of hydrogen-bond acceptors (Lipinski definition) is 4. The molecule has 0 spiro atoms. The summed E-state index contributed by atoms with van der Waals surface area (Å²) in [5.74, 6) is -0.00760. The average molecular weight is 229 g/mol. The molecule has 16 heavy (non-hydrogen) atoms. The monoisotopic (exact) mass is 229 g/mol. The Morgan fingerprint density at radius 2 is 1.94 bits per heavy atom. The highest BCUT2D eigenvalue weighted by molar-refractivity contribution is 5.76. The molecule has 1 saturated carbocycles. The quantitative estimate of drug-likeness (QED) is 0.661. The second-order valence-corrected chi connectivity index (χ2v) is 4.59. The van der Waals surface area contributed by atoms with E-state index < -0.39 is 12.2 Å². The predicted octanol–water partition coefficient (Wildman–Crippen LogP) is -0.633. The smallest absolute Gasteiger partial charge is 0.223 e. The van der Waals surface area contributed by atoms with Gasteiger partial charge in [0.25, 0.3) is 0 Å². The average Bonchev–Trinajstić information content (AvgIpc) is 2.62. The Morgan fingerprint density at radius 1 is 1.25 bits per heavy atom. The Morgan fingerprint density at radius 3 is 2.50 bits per heavy atom. The second-order valence-electron chi connectivity index (χ2n) is 4.59. The second kappa shape index (κ2) is 5.12. The fourth-order valence-electron chi connectivity index (χ4n) is 2.43. The van der Waals surface area contributed by atoms with Crippen molar-refractivity contribution < 1.29 is 19.7 Å². The Hall–Kier alpha value is -0.650. The molecule has 2 aliphatic rings. The van der Waals surface area contributed by atoms with E-state index in [1.54, 1.807) is 4.90 Å². The van der Waals surface area contributed by atoms with Gasteiger partial charge < -0.3 is 19.8 Å². The third kappa shape index (κ3) is 2.53. The van der Waals surface area contributed by atoms with Gasteiger partial charge in [-0.25, -0.2) is 0 Å². The summed E-state index contributed by atoms with van der Waals surface area (Å²) >= 11 is 0. The molecule has 2 fully saturated rings. The summed E-state index contributed by atoms with van der Waals surface area (Å²) in [6.07, 6.45) is 0.297. The van der Waals surface area contributed by atoms with Crippen LogP contribution in [0.25, 0.3) is 0 Å². The van der Waals surface area contributed by atoms with Crippen LogP contribution in [0.2, 0.25) is 0 Å². The highest BCUT2D eigenvalue weighted by atomic mass is 16.5. The molecule has 1 aliphatic carbocycles. The van der Waals surface area contributed by atoms with Gasteiger partial charge in [0, 0.05) is 19.5 Å². The van der Waals surface area contributed by atoms with Crippen LogP contribution in [-0.2, 0) is 9.53 Å². The molecule has 0 aromatic heterocycles. The molecule has 3 unspecified atom stereocenters. The first-order chi connectivity index (χ1) is 7.68. The lowest BCUT2D eigenvalue weighted by molar-refractivity contribution is -0.137. The first-order valence-electron chi connectivity index (χ1n) is 5.90. The molecule has 1 saturated heterocycles. The molecule has 5 nitrogen and oxygen atoms in total. The molecule has 1 heterocycles. The molecule has 5 heteroatoms. The first kappa shape index (κ1) is 11.8. The molecule has 0 bridgehead atoms. The van der Waals surface area contributed by atoms with Gasteiger partial charge in [0.1, 0.15) is 0 Å². The number of nitrogens with zero attached hydrogens (tertiary/aromatic N) is 1. The highest BCUT2D eigenvalue weighted by Gasteiger charge is 2.35. The molecule has 0 aromatic rings. The van der Waals surface area contributed by atoms with Gasteiger partial charge in [-0.2, -0.15) is 0 Å². The zero-order chi connectivity index (χ0) is 11.5. The molecule has 2 N–H and O–H groups in total. The fraction of sp³-hybridized carbons (Fsp3) is 0.909. The third-order valence-corrected chi connectivity index (χ3v) is 3.51. The van der Waals surface area contributed by atoms with Crippen LogP contribution in [-0.4, -0.2) is 59.5 Å². The largest absolute Gasteiger partial charge is 0.390 e. The molecule has 1 amide bonds. The SMILES string of the molecule is O=C(CC1CCC(O)C1O)N1CCOCC1. The minimum atomic E-state index is -0.731. The van der Waals surface area contributed by atoms with Crippen molar-refractivity contribution in [3.8, 4) is 0 Å². The minimum absolute atomic E-state index is 0.0708. The number of carbonyl (C=O) groups is 1. The van der Waals surface area contributed by atoms with Crippen molar-refractivity contribution in [1.29, 1.82) is 0 Å². The van der Waals surface area contributed by atoms with E-state index in [0.29, 0.717) is 39.1 Å². The van der Waals surface area contributed by atoms with Crippen molar-refractivity contribution in [2.75, 3.05) is 26.3 Å².